The highest BCUT2D eigenvalue weighted by Gasteiger charge is 2.22. The van der Waals surface area contributed by atoms with Gasteiger partial charge in [0.25, 0.3) is 0 Å². The van der Waals surface area contributed by atoms with Gasteiger partial charge in [0.05, 0.1) is 0 Å². The topological polar surface area (TPSA) is 84.2 Å². The van der Waals surface area contributed by atoms with Gasteiger partial charge in [0.1, 0.15) is 6.04 Å². The lowest BCUT2D eigenvalue weighted by molar-refractivity contribution is -0.124. The Kier molecular flexibility index (Phi) is 5.17. The molecule has 1 rings (SSSR count). The molecule has 1 atom stereocenters. The second kappa shape index (κ2) is 6.64. The van der Waals surface area contributed by atoms with Crippen molar-refractivity contribution in [1.82, 2.24) is 10.6 Å². The number of nitrogens with two attached hydrogens (primary N) is 1. The molecule has 0 aliphatic rings. The summed E-state index contributed by atoms with van der Waals surface area (Å²) in [7, 11) is 0. The molecular weight excluding hydrogens is 230 g/mol. The molecule has 0 aromatic heterocycles. The Morgan fingerprint density at radius 3 is 2.33 bits per heavy atom. The second-order valence-corrected chi connectivity index (χ2v) is 4.43. The minimum Gasteiger partial charge on any atom is -0.352 e. The Morgan fingerprint density at radius 2 is 1.83 bits per heavy atom. The van der Waals surface area contributed by atoms with Crippen molar-refractivity contribution in [3.63, 3.8) is 0 Å². The first-order valence-electron chi connectivity index (χ1n) is 5.88. The third kappa shape index (κ3) is 4.45. The second-order valence-electron chi connectivity index (χ2n) is 4.43. The van der Waals surface area contributed by atoms with E-state index in [-0.39, 0.29) is 11.8 Å². The van der Waals surface area contributed by atoms with Crippen molar-refractivity contribution in [2.24, 2.45) is 11.7 Å². The van der Waals surface area contributed by atoms with Crippen molar-refractivity contribution in [3.8, 4) is 0 Å². The zero-order chi connectivity index (χ0) is 13.5. The maximum Gasteiger partial charge on any atom is 0.312 e. The van der Waals surface area contributed by atoms with Crippen molar-refractivity contribution < 1.29 is 9.59 Å². The fourth-order valence-electron chi connectivity index (χ4n) is 1.58. The van der Waals surface area contributed by atoms with Gasteiger partial charge in [0.2, 0.25) is 5.91 Å². The molecule has 3 amide bonds. The van der Waals surface area contributed by atoms with E-state index < -0.39 is 12.1 Å². The summed E-state index contributed by atoms with van der Waals surface area (Å²) in [5, 5.41) is 5.22. The number of amides is 3. The molecule has 18 heavy (non-hydrogen) atoms. The number of benzene rings is 1. The van der Waals surface area contributed by atoms with Gasteiger partial charge in [-0.2, -0.15) is 0 Å². The van der Waals surface area contributed by atoms with Gasteiger partial charge in [0.15, 0.2) is 0 Å². The highest BCUT2D eigenvalue weighted by molar-refractivity contribution is 5.86. The standard InChI is InChI=1S/C13H19N3O2/c1-9(2)11(16-13(14)18)12(17)15-8-10-6-4-3-5-7-10/h3-7,9,11H,8H2,1-2H3,(H,15,17)(H3,14,16,18)/t11-/m1/s1. The van der Waals surface area contributed by atoms with E-state index in [1.165, 1.54) is 0 Å². The molecule has 0 unspecified atom stereocenters. The summed E-state index contributed by atoms with van der Waals surface area (Å²) in [5.41, 5.74) is 6.05. The van der Waals surface area contributed by atoms with E-state index in [0.29, 0.717) is 6.54 Å². The van der Waals surface area contributed by atoms with E-state index in [0.717, 1.165) is 5.56 Å². The Labute approximate surface area is 107 Å². The first kappa shape index (κ1) is 14.0. The van der Waals surface area contributed by atoms with Gasteiger partial charge >= 0.3 is 6.03 Å². The van der Waals surface area contributed by atoms with Crippen LogP contribution in [0.1, 0.15) is 19.4 Å². The lowest BCUT2D eigenvalue weighted by Crippen LogP contribution is -2.51. The number of carbonyl (C=O) groups is 2. The highest BCUT2D eigenvalue weighted by Crippen LogP contribution is 2.03. The van der Waals surface area contributed by atoms with Crippen molar-refractivity contribution in [2.45, 2.75) is 26.4 Å². The summed E-state index contributed by atoms with van der Waals surface area (Å²) in [4.78, 5) is 22.7. The highest BCUT2D eigenvalue weighted by atomic mass is 16.2. The summed E-state index contributed by atoms with van der Waals surface area (Å²) >= 11 is 0. The van der Waals surface area contributed by atoms with E-state index in [1.807, 2.05) is 44.2 Å². The maximum absolute atomic E-state index is 11.9. The van der Waals surface area contributed by atoms with Crippen molar-refractivity contribution in [1.29, 1.82) is 0 Å². The van der Waals surface area contributed by atoms with E-state index in [1.54, 1.807) is 0 Å². The van der Waals surface area contributed by atoms with Gasteiger partial charge in [-0.1, -0.05) is 44.2 Å². The maximum atomic E-state index is 11.9. The number of rotatable bonds is 5. The Balaban J connectivity index is 2.54. The van der Waals surface area contributed by atoms with Crippen LogP contribution in [0.15, 0.2) is 30.3 Å². The fourth-order valence-corrected chi connectivity index (χ4v) is 1.58. The summed E-state index contributed by atoms with van der Waals surface area (Å²) in [5.74, 6) is -0.249. The monoisotopic (exact) mass is 249 g/mol. The van der Waals surface area contributed by atoms with Crippen molar-refractivity contribution in [2.75, 3.05) is 0 Å². The predicted octanol–water partition coefficient (Wildman–Crippen LogP) is 0.996. The average molecular weight is 249 g/mol. The van der Waals surface area contributed by atoms with E-state index in [4.69, 9.17) is 5.73 Å². The largest absolute Gasteiger partial charge is 0.352 e. The molecule has 0 heterocycles. The minimum atomic E-state index is -0.691. The van der Waals surface area contributed by atoms with E-state index >= 15 is 0 Å². The van der Waals surface area contributed by atoms with Crippen molar-refractivity contribution in [3.05, 3.63) is 35.9 Å². The molecule has 98 valence electrons. The fraction of sp³-hybridized carbons (Fsp3) is 0.385. The SMILES string of the molecule is CC(C)[C@@H](NC(N)=O)C(=O)NCc1ccccc1. The average Bonchev–Trinajstić information content (AvgIpc) is 2.34. The molecule has 5 nitrogen and oxygen atoms in total. The lowest BCUT2D eigenvalue weighted by Gasteiger charge is -2.20. The number of carbonyl (C=O) groups excluding carboxylic acids is 2. The molecule has 0 spiro atoms. The predicted molar refractivity (Wildman–Crippen MR) is 69.6 cm³/mol. The van der Waals surface area contributed by atoms with Crippen LogP contribution >= 0.6 is 0 Å². The molecular formula is C13H19N3O2. The van der Waals surface area contributed by atoms with Gasteiger partial charge in [-0.25, -0.2) is 4.79 Å². The summed E-state index contributed by atoms with van der Waals surface area (Å²) < 4.78 is 0. The van der Waals surface area contributed by atoms with Crippen LogP contribution in [0, 0.1) is 5.92 Å². The number of hydrogen-bond acceptors (Lipinski definition) is 2. The minimum absolute atomic E-state index is 0.0201. The van der Waals surface area contributed by atoms with E-state index in [2.05, 4.69) is 10.6 Å². The lowest BCUT2D eigenvalue weighted by atomic mass is 10.0. The molecule has 0 radical (unpaired) electrons. The summed E-state index contributed by atoms with van der Waals surface area (Å²) in [6, 6.07) is 8.27. The molecule has 0 saturated carbocycles. The van der Waals surface area contributed by atoms with Crippen LogP contribution in [0.5, 0.6) is 0 Å². The quantitative estimate of drug-likeness (QED) is 0.727. The normalized spacial score (nSPS) is 11.9. The number of hydrogen-bond donors (Lipinski definition) is 3. The van der Waals surface area contributed by atoms with Gasteiger partial charge < -0.3 is 16.4 Å². The van der Waals surface area contributed by atoms with Crippen molar-refractivity contribution >= 4 is 11.9 Å². The Bertz CT molecular complexity index is 404. The zero-order valence-electron chi connectivity index (χ0n) is 10.6. The number of primary amides is 1. The molecule has 0 aliphatic carbocycles. The first-order chi connectivity index (χ1) is 8.50. The molecule has 1 aromatic carbocycles. The molecule has 0 saturated heterocycles. The Hall–Kier alpha value is -2.04. The van der Waals surface area contributed by atoms with Crippen LogP contribution in [-0.4, -0.2) is 18.0 Å². The molecule has 5 heteroatoms. The smallest absolute Gasteiger partial charge is 0.312 e. The zero-order valence-corrected chi connectivity index (χ0v) is 10.6. The number of urea groups is 1. The molecule has 1 aromatic rings. The molecule has 0 aliphatic heterocycles. The number of nitrogens with one attached hydrogen (secondary N) is 2. The third-order valence-electron chi connectivity index (χ3n) is 2.56. The third-order valence-corrected chi connectivity index (χ3v) is 2.56. The van der Waals surface area contributed by atoms with E-state index in [9.17, 15) is 9.59 Å². The summed E-state index contributed by atoms with van der Waals surface area (Å²) in [6.45, 7) is 4.13. The van der Waals surface area contributed by atoms with Gasteiger partial charge in [-0.15, -0.1) is 0 Å². The first-order valence-corrected chi connectivity index (χ1v) is 5.88. The van der Waals surface area contributed by atoms with Crippen LogP contribution in [0.2, 0.25) is 0 Å². The van der Waals surface area contributed by atoms with Crippen LogP contribution in [-0.2, 0) is 11.3 Å². The van der Waals surface area contributed by atoms with Gasteiger partial charge in [0, 0.05) is 6.54 Å². The van der Waals surface area contributed by atoms with Crippen LogP contribution < -0.4 is 16.4 Å². The summed E-state index contributed by atoms with van der Waals surface area (Å²) in [6.07, 6.45) is 0. The van der Waals surface area contributed by atoms with Gasteiger partial charge in [-0.05, 0) is 11.5 Å². The molecule has 0 fully saturated rings. The van der Waals surface area contributed by atoms with Gasteiger partial charge in [-0.3, -0.25) is 4.79 Å². The molecule has 0 bridgehead atoms. The Morgan fingerprint density at radius 1 is 1.22 bits per heavy atom. The van der Waals surface area contributed by atoms with Crippen LogP contribution in [0.4, 0.5) is 4.79 Å². The molecule has 4 N–H and O–H groups in total. The van der Waals surface area contributed by atoms with Crippen LogP contribution in [0.3, 0.4) is 0 Å². The van der Waals surface area contributed by atoms with Crippen LogP contribution in [0.25, 0.3) is 0 Å².